The van der Waals surface area contributed by atoms with Gasteiger partial charge in [-0.15, -0.1) is 0 Å². The summed E-state index contributed by atoms with van der Waals surface area (Å²) in [5, 5.41) is 13.3. The predicted molar refractivity (Wildman–Crippen MR) is 89.5 cm³/mol. The van der Waals surface area contributed by atoms with Crippen molar-refractivity contribution in [1.82, 2.24) is 0 Å². The summed E-state index contributed by atoms with van der Waals surface area (Å²) in [5.41, 5.74) is 2.56. The average molecular weight is 346 g/mol. The fourth-order valence-electron chi connectivity index (χ4n) is 2.26. The molecule has 8 nitrogen and oxygen atoms in total. The van der Waals surface area contributed by atoms with Crippen molar-refractivity contribution in [3.63, 3.8) is 0 Å². The maximum absolute atomic E-state index is 12.1. The Morgan fingerprint density at radius 1 is 1.28 bits per heavy atom. The minimum Gasteiger partial charge on any atom is -0.450 e. The summed E-state index contributed by atoms with van der Waals surface area (Å²) in [6, 6.07) is 7.86. The molecule has 132 valence electrons. The second-order valence-electron chi connectivity index (χ2n) is 5.71. The van der Waals surface area contributed by atoms with E-state index in [1.165, 1.54) is 0 Å². The lowest BCUT2D eigenvalue weighted by Gasteiger charge is -2.16. The van der Waals surface area contributed by atoms with Gasteiger partial charge < -0.3 is 14.5 Å². The summed E-state index contributed by atoms with van der Waals surface area (Å²) in [6.45, 7) is 5.36. The number of nitrogens with zero attached hydrogens (tertiary/aromatic N) is 1. The van der Waals surface area contributed by atoms with Crippen molar-refractivity contribution in [3.05, 3.63) is 57.3 Å². The second-order valence-corrected chi connectivity index (χ2v) is 5.71. The average Bonchev–Trinajstić information content (AvgIpc) is 3.04. The van der Waals surface area contributed by atoms with Crippen LogP contribution >= 0.6 is 0 Å². The van der Waals surface area contributed by atoms with Crippen LogP contribution in [0.2, 0.25) is 0 Å². The Morgan fingerprint density at radius 2 is 2.00 bits per heavy atom. The molecular weight excluding hydrogens is 328 g/mol. The van der Waals surface area contributed by atoms with Crippen LogP contribution in [0.3, 0.4) is 0 Å². The van der Waals surface area contributed by atoms with Crippen molar-refractivity contribution >= 4 is 23.4 Å². The molecule has 1 aromatic heterocycles. The van der Waals surface area contributed by atoms with Gasteiger partial charge in [0.1, 0.15) is 4.92 Å². The SMILES string of the molecule is Cc1cccc(C(C)C)c1NC(=O)COC(=O)c1ccc([N+](=O)[O-])o1. The van der Waals surface area contributed by atoms with Crippen molar-refractivity contribution in [2.45, 2.75) is 26.7 Å². The Kier molecular flexibility index (Phi) is 5.53. The Morgan fingerprint density at radius 3 is 2.60 bits per heavy atom. The van der Waals surface area contributed by atoms with E-state index in [9.17, 15) is 19.7 Å². The van der Waals surface area contributed by atoms with Crippen LogP contribution in [0.15, 0.2) is 34.7 Å². The number of esters is 1. The molecule has 0 saturated heterocycles. The Labute approximate surface area is 143 Å². The number of furan rings is 1. The van der Waals surface area contributed by atoms with Gasteiger partial charge in [0, 0.05) is 5.69 Å². The van der Waals surface area contributed by atoms with Crippen molar-refractivity contribution in [3.8, 4) is 0 Å². The number of benzene rings is 1. The number of rotatable bonds is 6. The molecule has 1 amide bonds. The lowest BCUT2D eigenvalue weighted by atomic mass is 9.98. The largest absolute Gasteiger partial charge is 0.450 e. The minimum atomic E-state index is -0.947. The van der Waals surface area contributed by atoms with Gasteiger partial charge in [-0.1, -0.05) is 32.0 Å². The third kappa shape index (κ3) is 4.43. The fourth-order valence-corrected chi connectivity index (χ4v) is 2.26. The number of nitrogens with one attached hydrogen (secondary N) is 1. The van der Waals surface area contributed by atoms with E-state index >= 15 is 0 Å². The molecule has 25 heavy (non-hydrogen) atoms. The topological polar surface area (TPSA) is 112 Å². The molecule has 0 aliphatic carbocycles. The lowest BCUT2D eigenvalue weighted by molar-refractivity contribution is -0.402. The van der Waals surface area contributed by atoms with E-state index in [4.69, 9.17) is 9.15 Å². The third-order valence-corrected chi connectivity index (χ3v) is 3.50. The van der Waals surface area contributed by atoms with Crippen LogP contribution in [-0.2, 0) is 9.53 Å². The van der Waals surface area contributed by atoms with Gasteiger partial charge in [-0.2, -0.15) is 0 Å². The molecular formula is C17H18N2O6. The molecule has 2 aromatic rings. The first kappa shape index (κ1) is 18.2. The molecule has 2 rings (SSSR count). The highest BCUT2D eigenvalue weighted by Crippen LogP contribution is 2.27. The first-order valence-corrected chi connectivity index (χ1v) is 7.60. The van der Waals surface area contributed by atoms with E-state index in [2.05, 4.69) is 5.32 Å². The Bertz CT molecular complexity index is 809. The van der Waals surface area contributed by atoms with Gasteiger partial charge in [-0.05, 0) is 30.0 Å². The van der Waals surface area contributed by atoms with E-state index < -0.39 is 29.3 Å². The number of nitro groups is 1. The summed E-state index contributed by atoms with van der Waals surface area (Å²) in [5.74, 6) is -2.15. The molecule has 0 fully saturated rings. The number of hydrogen-bond acceptors (Lipinski definition) is 6. The zero-order valence-electron chi connectivity index (χ0n) is 14.1. The first-order valence-electron chi connectivity index (χ1n) is 7.60. The molecule has 1 aromatic carbocycles. The van der Waals surface area contributed by atoms with Crippen LogP contribution < -0.4 is 5.32 Å². The van der Waals surface area contributed by atoms with Crippen molar-refractivity contribution in [2.24, 2.45) is 0 Å². The van der Waals surface area contributed by atoms with Crippen molar-refractivity contribution < 1.29 is 23.7 Å². The number of hydrogen-bond donors (Lipinski definition) is 1. The van der Waals surface area contributed by atoms with Gasteiger partial charge in [0.15, 0.2) is 6.61 Å². The minimum absolute atomic E-state index is 0.210. The molecule has 0 aliphatic rings. The molecule has 0 bridgehead atoms. The predicted octanol–water partition coefficient (Wildman–Crippen LogP) is 3.42. The van der Waals surface area contributed by atoms with Crippen LogP contribution in [0.25, 0.3) is 0 Å². The smallest absolute Gasteiger partial charge is 0.433 e. The van der Waals surface area contributed by atoms with Crippen LogP contribution in [0.4, 0.5) is 11.6 Å². The van der Waals surface area contributed by atoms with Gasteiger partial charge in [-0.25, -0.2) is 4.79 Å². The summed E-state index contributed by atoms with van der Waals surface area (Å²) in [6.07, 6.45) is 0. The zero-order chi connectivity index (χ0) is 18.6. The standard InChI is InChI=1S/C17H18N2O6/c1-10(2)12-6-4-5-11(3)16(12)18-14(20)9-24-17(21)13-7-8-15(25-13)19(22)23/h4-8,10H,9H2,1-3H3,(H,18,20). The molecule has 0 spiro atoms. The van der Waals surface area contributed by atoms with Crippen LogP contribution in [0, 0.1) is 17.0 Å². The molecule has 0 radical (unpaired) electrons. The third-order valence-electron chi connectivity index (χ3n) is 3.50. The van der Waals surface area contributed by atoms with E-state index in [-0.39, 0.29) is 11.7 Å². The van der Waals surface area contributed by atoms with Gasteiger partial charge in [0.2, 0.25) is 5.76 Å². The van der Waals surface area contributed by atoms with E-state index in [1.807, 2.05) is 39.0 Å². The fraction of sp³-hybridized carbons (Fsp3) is 0.294. The molecule has 0 unspecified atom stereocenters. The van der Waals surface area contributed by atoms with Gasteiger partial charge in [-0.3, -0.25) is 14.9 Å². The molecule has 0 aliphatic heterocycles. The number of carbonyl (C=O) groups excluding carboxylic acids is 2. The monoisotopic (exact) mass is 346 g/mol. The maximum Gasteiger partial charge on any atom is 0.433 e. The summed E-state index contributed by atoms with van der Waals surface area (Å²) < 4.78 is 9.55. The molecule has 0 atom stereocenters. The molecule has 1 heterocycles. The molecule has 1 N–H and O–H groups in total. The highest BCUT2D eigenvalue weighted by Gasteiger charge is 2.20. The summed E-state index contributed by atoms with van der Waals surface area (Å²) >= 11 is 0. The highest BCUT2D eigenvalue weighted by molar-refractivity contribution is 5.95. The van der Waals surface area contributed by atoms with Crippen molar-refractivity contribution in [1.29, 1.82) is 0 Å². The van der Waals surface area contributed by atoms with Crippen LogP contribution in [0.1, 0.15) is 41.4 Å². The van der Waals surface area contributed by atoms with E-state index in [0.717, 1.165) is 23.3 Å². The molecule has 8 heteroatoms. The number of ether oxygens (including phenoxy) is 1. The summed E-state index contributed by atoms with van der Waals surface area (Å²) in [4.78, 5) is 33.6. The van der Waals surface area contributed by atoms with E-state index in [0.29, 0.717) is 5.69 Å². The highest BCUT2D eigenvalue weighted by atomic mass is 16.7. The van der Waals surface area contributed by atoms with Gasteiger partial charge in [0.25, 0.3) is 5.91 Å². The number of aryl methyl sites for hydroxylation is 1. The van der Waals surface area contributed by atoms with Crippen LogP contribution in [-0.4, -0.2) is 23.4 Å². The quantitative estimate of drug-likeness (QED) is 0.487. The van der Waals surface area contributed by atoms with Gasteiger partial charge in [0.05, 0.1) is 6.07 Å². The lowest BCUT2D eigenvalue weighted by Crippen LogP contribution is -2.22. The Balaban J connectivity index is 1.99. The number of carbonyl (C=O) groups is 2. The number of para-hydroxylation sites is 1. The normalized spacial score (nSPS) is 10.6. The van der Waals surface area contributed by atoms with Gasteiger partial charge >= 0.3 is 11.9 Å². The first-order chi connectivity index (χ1) is 11.8. The van der Waals surface area contributed by atoms with Crippen molar-refractivity contribution in [2.75, 3.05) is 11.9 Å². The molecule has 0 saturated carbocycles. The Hall–Kier alpha value is -3.16. The second kappa shape index (κ2) is 7.61. The number of amides is 1. The summed E-state index contributed by atoms with van der Waals surface area (Å²) in [7, 11) is 0. The van der Waals surface area contributed by atoms with E-state index in [1.54, 1.807) is 0 Å². The number of anilines is 1. The maximum atomic E-state index is 12.1. The zero-order valence-corrected chi connectivity index (χ0v) is 14.1. The van der Waals surface area contributed by atoms with Crippen LogP contribution in [0.5, 0.6) is 0 Å².